The average Bonchev–Trinajstić information content (AvgIpc) is 2.43. The van der Waals surface area contributed by atoms with Gasteiger partial charge in [0.15, 0.2) is 0 Å². The lowest BCUT2D eigenvalue weighted by molar-refractivity contribution is -0.134. The Morgan fingerprint density at radius 3 is 2.57 bits per heavy atom. The zero-order valence-corrected chi connectivity index (χ0v) is 11.6. The normalized spacial score (nSPS) is 11.4. The monoisotopic (exact) mass is 286 g/mol. The summed E-state index contributed by atoms with van der Waals surface area (Å²) in [4.78, 5) is 34.4. The maximum Gasteiger partial charge on any atom is 0.352 e. The molecule has 0 aliphatic rings. The number of fused-ring (bicyclic) bond motifs is 1. The first-order valence-corrected chi connectivity index (χ1v) is 6.21. The van der Waals surface area contributed by atoms with Gasteiger partial charge in [0, 0.05) is 19.5 Å². The summed E-state index contributed by atoms with van der Waals surface area (Å²) in [6.07, 6.45) is 1.17. The molecule has 0 radical (unpaired) electrons. The first-order valence-electron chi connectivity index (χ1n) is 6.21. The molecule has 6 nitrogen and oxygen atoms in total. The van der Waals surface area contributed by atoms with Crippen molar-refractivity contribution < 1.29 is 14.7 Å². The molecular formula is C15H14N2O4. The van der Waals surface area contributed by atoms with Crippen LogP contribution < -0.4 is 10.9 Å². The molecule has 108 valence electrons. The van der Waals surface area contributed by atoms with Gasteiger partial charge in [-0.05, 0) is 23.6 Å². The number of nitrogens with zero attached hydrogens (tertiary/aromatic N) is 1. The fourth-order valence-corrected chi connectivity index (χ4v) is 2.05. The molecule has 0 aliphatic heterocycles. The van der Waals surface area contributed by atoms with Crippen molar-refractivity contribution in [2.45, 2.75) is 6.92 Å². The number of aryl methyl sites for hydroxylation is 1. The zero-order chi connectivity index (χ0) is 15.6. The number of para-hydroxylation sites is 1. The van der Waals surface area contributed by atoms with E-state index < -0.39 is 11.9 Å². The summed E-state index contributed by atoms with van der Waals surface area (Å²) in [6, 6.07) is 8.87. The van der Waals surface area contributed by atoms with Gasteiger partial charge in [0.05, 0.1) is 5.52 Å². The molecule has 2 aromatic rings. The van der Waals surface area contributed by atoms with Crippen LogP contribution in [0.5, 0.6) is 0 Å². The van der Waals surface area contributed by atoms with E-state index >= 15 is 0 Å². The molecular weight excluding hydrogens is 272 g/mol. The second-order valence-corrected chi connectivity index (χ2v) is 4.57. The minimum absolute atomic E-state index is 0.197. The number of hydrogen-bond donors (Lipinski definition) is 2. The van der Waals surface area contributed by atoms with Gasteiger partial charge >= 0.3 is 5.97 Å². The van der Waals surface area contributed by atoms with Crippen LogP contribution in [0.2, 0.25) is 0 Å². The summed E-state index contributed by atoms with van der Waals surface area (Å²) in [5.41, 5.74) is 0.270. The summed E-state index contributed by atoms with van der Waals surface area (Å²) in [5.74, 6) is -1.82. The van der Waals surface area contributed by atoms with Crippen LogP contribution in [-0.2, 0) is 16.6 Å². The number of benzene rings is 1. The minimum atomic E-state index is -1.31. The van der Waals surface area contributed by atoms with Gasteiger partial charge in [-0.25, -0.2) is 4.79 Å². The Hall–Kier alpha value is -2.89. The highest BCUT2D eigenvalue weighted by Crippen LogP contribution is 2.13. The van der Waals surface area contributed by atoms with Crippen molar-refractivity contribution in [3.63, 3.8) is 0 Å². The van der Waals surface area contributed by atoms with Gasteiger partial charge in [-0.1, -0.05) is 18.2 Å². The van der Waals surface area contributed by atoms with Crippen LogP contribution in [0.1, 0.15) is 12.5 Å². The first-order chi connectivity index (χ1) is 9.90. The van der Waals surface area contributed by atoms with Crippen LogP contribution in [0.3, 0.4) is 0 Å². The fraction of sp³-hybridized carbons (Fsp3) is 0.133. The van der Waals surface area contributed by atoms with Crippen LogP contribution >= 0.6 is 0 Å². The highest BCUT2D eigenvalue weighted by atomic mass is 16.4. The van der Waals surface area contributed by atoms with E-state index in [0.717, 1.165) is 10.9 Å². The molecule has 0 fully saturated rings. The number of nitrogens with one attached hydrogen (secondary N) is 1. The van der Waals surface area contributed by atoms with E-state index in [9.17, 15) is 14.4 Å². The summed E-state index contributed by atoms with van der Waals surface area (Å²) >= 11 is 0. The van der Waals surface area contributed by atoms with Gasteiger partial charge in [0.2, 0.25) is 5.91 Å². The van der Waals surface area contributed by atoms with Gasteiger partial charge in [-0.3, -0.25) is 9.59 Å². The van der Waals surface area contributed by atoms with Gasteiger partial charge in [0.1, 0.15) is 5.70 Å². The summed E-state index contributed by atoms with van der Waals surface area (Å²) in [6.45, 7) is 1.20. The van der Waals surface area contributed by atoms with Crippen molar-refractivity contribution in [2.24, 2.45) is 7.05 Å². The molecule has 0 aliphatic carbocycles. The third kappa shape index (κ3) is 3.00. The zero-order valence-electron chi connectivity index (χ0n) is 11.6. The number of pyridine rings is 1. The van der Waals surface area contributed by atoms with Crippen molar-refractivity contribution in [3.8, 4) is 0 Å². The van der Waals surface area contributed by atoms with E-state index in [4.69, 9.17) is 5.11 Å². The molecule has 2 N–H and O–H groups in total. The summed E-state index contributed by atoms with van der Waals surface area (Å²) in [7, 11) is 1.61. The lowest BCUT2D eigenvalue weighted by Gasteiger charge is -2.07. The van der Waals surface area contributed by atoms with Gasteiger partial charge in [-0.2, -0.15) is 0 Å². The Kier molecular flexibility index (Phi) is 3.89. The lowest BCUT2D eigenvalue weighted by atomic mass is 10.1. The Morgan fingerprint density at radius 2 is 1.95 bits per heavy atom. The first kappa shape index (κ1) is 14.5. The molecule has 1 amide bonds. The molecule has 0 saturated carbocycles. The number of aliphatic carboxylic acids is 1. The van der Waals surface area contributed by atoms with Crippen molar-refractivity contribution >= 4 is 28.9 Å². The minimum Gasteiger partial charge on any atom is -0.477 e. The molecule has 1 aromatic heterocycles. The predicted molar refractivity (Wildman–Crippen MR) is 78.6 cm³/mol. The molecule has 0 saturated heterocycles. The number of hydrogen-bond acceptors (Lipinski definition) is 3. The summed E-state index contributed by atoms with van der Waals surface area (Å²) in [5, 5.41) is 12.1. The number of amides is 1. The van der Waals surface area contributed by atoms with E-state index in [0.29, 0.717) is 0 Å². The maximum atomic E-state index is 12.2. The number of carboxylic acids is 1. The number of carbonyl (C=O) groups is 2. The van der Waals surface area contributed by atoms with Crippen molar-refractivity contribution in [1.82, 2.24) is 9.88 Å². The standard InChI is InChI=1S/C15H14N2O4/c1-9(18)16-12(15(20)21)8-11-7-10-5-3-4-6-13(10)17(2)14(11)19/h3-8H,1-2H3,(H,16,18)(H,20,21)/b12-8-. The van der Waals surface area contributed by atoms with Gasteiger partial charge in [0.25, 0.3) is 5.56 Å². The predicted octanol–water partition coefficient (Wildman–Crippen LogP) is 1.10. The third-order valence-corrected chi connectivity index (χ3v) is 3.00. The molecule has 1 aromatic carbocycles. The SMILES string of the molecule is CC(=O)N/C(=C\c1cc2ccccc2n(C)c1=O)C(=O)O. The Balaban J connectivity index is 2.66. The van der Waals surface area contributed by atoms with Crippen molar-refractivity contribution in [2.75, 3.05) is 0 Å². The molecule has 0 spiro atoms. The Labute approximate surface area is 120 Å². The van der Waals surface area contributed by atoms with E-state index in [-0.39, 0.29) is 16.8 Å². The largest absolute Gasteiger partial charge is 0.477 e. The third-order valence-electron chi connectivity index (χ3n) is 3.00. The van der Waals surface area contributed by atoms with Crippen LogP contribution in [0.15, 0.2) is 40.8 Å². The second-order valence-electron chi connectivity index (χ2n) is 4.57. The Bertz CT molecular complexity index is 818. The molecule has 0 bridgehead atoms. The number of carboxylic acid groups (broad SMARTS) is 1. The topological polar surface area (TPSA) is 88.4 Å². The second kappa shape index (κ2) is 5.62. The molecule has 2 rings (SSSR count). The van der Waals surface area contributed by atoms with E-state index in [2.05, 4.69) is 5.32 Å². The highest BCUT2D eigenvalue weighted by molar-refractivity contribution is 5.96. The number of carbonyl (C=O) groups excluding carboxylic acids is 1. The average molecular weight is 286 g/mol. The molecule has 1 heterocycles. The van der Waals surface area contributed by atoms with Gasteiger partial charge in [-0.15, -0.1) is 0 Å². The summed E-state index contributed by atoms with van der Waals surface area (Å²) < 4.78 is 1.44. The maximum absolute atomic E-state index is 12.2. The molecule has 6 heteroatoms. The molecule has 0 atom stereocenters. The molecule has 0 unspecified atom stereocenters. The quantitative estimate of drug-likeness (QED) is 0.827. The van der Waals surface area contributed by atoms with Crippen molar-refractivity contribution in [3.05, 3.63) is 51.9 Å². The Morgan fingerprint density at radius 1 is 1.29 bits per heavy atom. The smallest absolute Gasteiger partial charge is 0.352 e. The van der Waals surface area contributed by atoms with Crippen LogP contribution in [-0.4, -0.2) is 21.6 Å². The molecule has 21 heavy (non-hydrogen) atoms. The van der Waals surface area contributed by atoms with Crippen molar-refractivity contribution in [1.29, 1.82) is 0 Å². The van der Waals surface area contributed by atoms with E-state index in [1.807, 2.05) is 18.2 Å². The fourth-order valence-electron chi connectivity index (χ4n) is 2.05. The highest BCUT2D eigenvalue weighted by Gasteiger charge is 2.11. The van der Waals surface area contributed by atoms with Crippen LogP contribution in [0, 0.1) is 0 Å². The van der Waals surface area contributed by atoms with Gasteiger partial charge < -0.3 is 15.0 Å². The number of aromatic nitrogens is 1. The van der Waals surface area contributed by atoms with E-state index in [1.54, 1.807) is 19.2 Å². The lowest BCUT2D eigenvalue weighted by Crippen LogP contribution is -2.26. The van der Waals surface area contributed by atoms with Crippen LogP contribution in [0.25, 0.3) is 17.0 Å². The van der Waals surface area contributed by atoms with Crippen LogP contribution in [0.4, 0.5) is 0 Å². The number of rotatable bonds is 3. The van der Waals surface area contributed by atoms with E-state index in [1.165, 1.54) is 17.6 Å².